The second-order valence-corrected chi connectivity index (χ2v) is 10.1. The molecule has 2 saturated heterocycles. The molecule has 1 amide bonds. The van der Waals surface area contributed by atoms with E-state index in [1.54, 1.807) is 0 Å². The van der Waals surface area contributed by atoms with Gasteiger partial charge in [-0.3, -0.25) is 9.69 Å². The summed E-state index contributed by atoms with van der Waals surface area (Å²) in [6.07, 6.45) is -1.30. The van der Waals surface area contributed by atoms with Crippen molar-refractivity contribution in [2.75, 3.05) is 44.2 Å². The number of nitrogens with zero attached hydrogens (tertiary/aromatic N) is 3. The highest BCUT2D eigenvalue weighted by atomic mass is 19.4. The predicted molar refractivity (Wildman–Crippen MR) is 144 cm³/mol. The van der Waals surface area contributed by atoms with Crippen LogP contribution in [0.1, 0.15) is 28.8 Å². The topological polar surface area (TPSA) is 69.7 Å². The minimum atomic E-state index is -4.81. The van der Waals surface area contributed by atoms with Crippen LogP contribution in [0.4, 0.5) is 23.4 Å². The van der Waals surface area contributed by atoms with Crippen LogP contribution in [0.2, 0.25) is 0 Å². The molecule has 0 atom stereocenters. The van der Waals surface area contributed by atoms with Crippen molar-refractivity contribution in [2.24, 2.45) is 0 Å². The zero-order valence-corrected chi connectivity index (χ0v) is 21.9. The molecule has 7 nitrogen and oxygen atoms in total. The van der Waals surface area contributed by atoms with Crippen molar-refractivity contribution in [3.8, 4) is 16.9 Å². The molecule has 2 aliphatic heterocycles. The van der Waals surface area contributed by atoms with Crippen LogP contribution in [-0.2, 0) is 6.54 Å². The molecule has 40 heavy (non-hydrogen) atoms. The third-order valence-corrected chi connectivity index (χ3v) is 7.21. The average Bonchev–Trinajstić information content (AvgIpc) is 2.95. The van der Waals surface area contributed by atoms with Crippen LogP contribution in [0, 0.1) is 5.82 Å². The molecule has 3 heterocycles. The molecule has 2 fully saturated rings. The minimum absolute atomic E-state index is 0.00994. The number of hydrogen-bond donors (Lipinski definition) is 2. The Hall–Kier alpha value is -3.70. The van der Waals surface area contributed by atoms with Crippen molar-refractivity contribution in [3.05, 3.63) is 77.7 Å². The third-order valence-electron chi connectivity index (χ3n) is 7.21. The van der Waals surface area contributed by atoms with E-state index in [1.807, 2.05) is 6.20 Å². The number of amides is 1. The minimum Gasteiger partial charge on any atom is -0.406 e. The maximum Gasteiger partial charge on any atom is 0.573 e. The van der Waals surface area contributed by atoms with E-state index in [0.717, 1.165) is 82.2 Å². The number of carbonyl (C=O) groups is 1. The summed E-state index contributed by atoms with van der Waals surface area (Å²) in [6, 6.07) is 13.1. The number of halogens is 4. The van der Waals surface area contributed by atoms with Gasteiger partial charge in [-0.1, -0.05) is 18.2 Å². The van der Waals surface area contributed by atoms with Gasteiger partial charge < -0.3 is 20.3 Å². The van der Waals surface area contributed by atoms with Crippen LogP contribution in [0.5, 0.6) is 5.75 Å². The average molecular weight is 558 g/mol. The zero-order chi connectivity index (χ0) is 28.1. The third kappa shape index (κ3) is 7.28. The number of piperidine rings is 1. The van der Waals surface area contributed by atoms with E-state index in [0.29, 0.717) is 5.56 Å². The van der Waals surface area contributed by atoms with Crippen LogP contribution in [0.25, 0.3) is 11.1 Å². The number of aromatic nitrogens is 1. The Morgan fingerprint density at radius 3 is 2.38 bits per heavy atom. The molecule has 2 aliphatic rings. The van der Waals surface area contributed by atoms with Crippen molar-refractivity contribution in [1.29, 1.82) is 0 Å². The first-order chi connectivity index (χ1) is 19.2. The smallest absolute Gasteiger partial charge is 0.406 e. The Morgan fingerprint density at radius 1 is 1.00 bits per heavy atom. The SMILES string of the molecule is O=C(NC1CCN(Cc2ccc(N3CCNCC3)nc2)CC1)c1ccc(F)c(-c2ccc(OC(F)(F)F)cc2)c1. The van der Waals surface area contributed by atoms with Crippen LogP contribution >= 0.6 is 0 Å². The number of benzene rings is 2. The first-order valence-corrected chi connectivity index (χ1v) is 13.3. The Labute approximate surface area is 230 Å². The van der Waals surface area contributed by atoms with Gasteiger partial charge >= 0.3 is 6.36 Å². The van der Waals surface area contributed by atoms with Crippen molar-refractivity contribution in [1.82, 2.24) is 20.5 Å². The standard InChI is InChI=1S/C29H31F4N5O2/c30-26-7-4-22(17-25(26)21-2-5-24(6-3-21)40-29(31,32)33)28(39)36-23-9-13-37(14-10-23)19-20-1-8-27(35-18-20)38-15-11-34-12-16-38/h1-8,17-18,23,34H,9-16,19H2,(H,36,39). The lowest BCUT2D eigenvalue weighted by Crippen LogP contribution is -2.44. The molecule has 0 unspecified atom stereocenters. The summed E-state index contributed by atoms with van der Waals surface area (Å²) in [4.78, 5) is 22.2. The summed E-state index contributed by atoms with van der Waals surface area (Å²) < 4.78 is 55.7. The van der Waals surface area contributed by atoms with Crippen molar-refractivity contribution in [3.63, 3.8) is 0 Å². The first-order valence-electron chi connectivity index (χ1n) is 13.3. The molecule has 212 valence electrons. The van der Waals surface area contributed by atoms with E-state index in [9.17, 15) is 22.4 Å². The molecule has 0 bridgehead atoms. The Bertz CT molecular complexity index is 1290. The van der Waals surface area contributed by atoms with Gasteiger partial charge in [-0.25, -0.2) is 9.37 Å². The van der Waals surface area contributed by atoms with E-state index in [2.05, 4.69) is 42.3 Å². The molecule has 11 heteroatoms. The largest absolute Gasteiger partial charge is 0.573 e. The van der Waals surface area contributed by atoms with E-state index in [-0.39, 0.29) is 23.1 Å². The van der Waals surface area contributed by atoms with Gasteiger partial charge in [0.1, 0.15) is 17.4 Å². The molecular weight excluding hydrogens is 526 g/mol. The van der Waals surface area contributed by atoms with Crippen LogP contribution in [0.15, 0.2) is 60.8 Å². The van der Waals surface area contributed by atoms with Crippen molar-refractivity contribution in [2.45, 2.75) is 31.8 Å². The summed E-state index contributed by atoms with van der Waals surface area (Å²) in [6.45, 7) is 6.29. The van der Waals surface area contributed by atoms with Gasteiger partial charge in [-0.15, -0.1) is 13.2 Å². The van der Waals surface area contributed by atoms with Gasteiger partial charge in [0.2, 0.25) is 0 Å². The fourth-order valence-electron chi connectivity index (χ4n) is 5.08. The van der Waals surface area contributed by atoms with Gasteiger partial charge in [0.25, 0.3) is 5.91 Å². The number of piperazine rings is 1. The molecule has 1 aromatic heterocycles. The van der Waals surface area contributed by atoms with Crippen molar-refractivity contribution >= 4 is 11.7 Å². The summed E-state index contributed by atoms with van der Waals surface area (Å²) in [5.74, 6) is -0.294. The molecule has 0 aliphatic carbocycles. The highest BCUT2D eigenvalue weighted by Gasteiger charge is 2.31. The Kier molecular flexibility index (Phi) is 8.51. The van der Waals surface area contributed by atoms with E-state index >= 15 is 0 Å². The molecule has 0 radical (unpaired) electrons. The summed E-state index contributed by atoms with van der Waals surface area (Å²) in [5, 5.41) is 6.38. The quantitative estimate of drug-likeness (QED) is 0.415. The van der Waals surface area contributed by atoms with Gasteiger partial charge in [0.15, 0.2) is 0 Å². The zero-order valence-electron chi connectivity index (χ0n) is 21.9. The van der Waals surface area contributed by atoms with Crippen LogP contribution in [-0.4, -0.2) is 67.5 Å². The maximum absolute atomic E-state index is 14.5. The highest BCUT2D eigenvalue weighted by molar-refractivity contribution is 5.95. The fourth-order valence-corrected chi connectivity index (χ4v) is 5.08. The van der Waals surface area contributed by atoms with Gasteiger partial charge in [0.05, 0.1) is 0 Å². The van der Waals surface area contributed by atoms with E-state index in [1.165, 1.54) is 30.3 Å². The molecule has 0 spiro atoms. The second kappa shape index (κ2) is 12.2. The van der Waals surface area contributed by atoms with E-state index < -0.39 is 17.9 Å². The Morgan fingerprint density at radius 2 is 1.73 bits per heavy atom. The lowest BCUT2D eigenvalue weighted by Gasteiger charge is -2.32. The van der Waals surface area contributed by atoms with Crippen molar-refractivity contribution < 1.29 is 27.1 Å². The van der Waals surface area contributed by atoms with Gasteiger partial charge in [0, 0.05) is 69.2 Å². The number of carbonyl (C=O) groups excluding carboxylic acids is 1. The molecule has 0 saturated carbocycles. The number of alkyl halides is 3. The number of pyridine rings is 1. The monoisotopic (exact) mass is 557 g/mol. The number of nitrogens with one attached hydrogen (secondary N) is 2. The molecular formula is C29H31F4N5O2. The number of ether oxygens (including phenoxy) is 1. The second-order valence-electron chi connectivity index (χ2n) is 10.1. The first kappa shape index (κ1) is 27.9. The number of hydrogen-bond acceptors (Lipinski definition) is 6. The van der Waals surface area contributed by atoms with Crippen LogP contribution in [0.3, 0.4) is 0 Å². The van der Waals surface area contributed by atoms with E-state index in [4.69, 9.17) is 0 Å². The van der Waals surface area contributed by atoms with Gasteiger partial charge in [-0.2, -0.15) is 0 Å². The Balaban J connectivity index is 1.13. The summed E-state index contributed by atoms with van der Waals surface area (Å²) >= 11 is 0. The normalized spacial score (nSPS) is 17.1. The fraction of sp³-hybridized carbons (Fsp3) is 0.379. The number of likely N-dealkylation sites (tertiary alicyclic amines) is 1. The number of anilines is 1. The summed E-state index contributed by atoms with van der Waals surface area (Å²) in [5.41, 5.74) is 1.89. The highest BCUT2D eigenvalue weighted by Crippen LogP contribution is 2.29. The predicted octanol–water partition coefficient (Wildman–Crippen LogP) is 4.59. The molecule has 5 rings (SSSR count). The van der Waals surface area contributed by atoms with Crippen LogP contribution < -0.4 is 20.3 Å². The number of rotatable bonds is 7. The summed E-state index contributed by atoms with van der Waals surface area (Å²) in [7, 11) is 0. The molecule has 2 aromatic carbocycles. The lowest BCUT2D eigenvalue weighted by atomic mass is 10.0. The maximum atomic E-state index is 14.5. The molecule has 2 N–H and O–H groups in total. The van der Waals surface area contributed by atoms with Gasteiger partial charge in [-0.05, 0) is 60.4 Å². The molecule has 3 aromatic rings. The lowest BCUT2D eigenvalue weighted by molar-refractivity contribution is -0.274.